The number of carbonyl (C=O) groups is 1. The molecule has 0 spiro atoms. The van der Waals surface area contributed by atoms with Crippen LogP contribution in [0.5, 0.6) is 0 Å². The summed E-state index contributed by atoms with van der Waals surface area (Å²) in [5.74, 6) is -0.706. The summed E-state index contributed by atoms with van der Waals surface area (Å²) in [6.07, 6.45) is 0.656. The molecule has 0 saturated carbocycles. The van der Waals surface area contributed by atoms with Crippen molar-refractivity contribution >= 4 is 5.97 Å². The Hall–Kier alpha value is -0.570. The number of hydrogen-bond acceptors (Lipinski definition) is 2. The first-order valence-corrected chi connectivity index (χ1v) is 5.98. The Balaban J connectivity index is 4.66. The molecule has 3 heteroatoms. The van der Waals surface area contributed by atoms with Crippen LogP contribution in [-0.2, 0) is 4.79 Å². The van der Waals surface area contributed by atoms with Gasteiger partial charge in [-0.25, -0.2) is 0 Å². The molecule has 0 amide bonds. The molecule has 96 valence electrons. The Labute approximate surface area is 99.8 Å². The van der Waals surface area contributed by atoms with E-state index in [2.05, 4.69) is 32.6 Å². The zero-order chi connectivity index (χ0) is 13.1. The molecule has 0 saturated heterocycles. The van der Waals surface area contributed by atoms with Crippen molar-refractivity contribution in [2.75, 3.05) is 13.6 Å². The fourth-order valence-corrected chi connectivity index (χ4v) is 1.68. The lowest BCUT2D eigenvalue weighted by Gasteiger charge is -2.39. The Bertz CT molecular complexity index is 245. The van der Waals surface area contributed by atoms with E-state index in [0.29, 0.717) is 19.0 Å². The summed E-state index contributed by atoms with van der Waals surface area (Å²) < 4.78 is 0. The average Bonchev–Trinajstić information content (AvgIpc) is 2.14. The van der Waals surface area contributed by atoms with Gasteiger partial charge in [0.05, 0.1) is 5.41 Å². The highest BCUT2D eigenvalue weighted by Gasteiger charge is 2.35. The second-order valence-electron chi connectivity index (χ2n) is 6.18. The third-order valence-electron chi connectivity index (χ3n) is 3.81. The van der Waals surface area contributed by atoms with Gasteiger partial charge in [-0.3, -0.25) is 4.79 Å². The summed E-state index contributed by atoms with van der Waals surface area (Å²) in [5, 5.41) is 9.24. The fraction of sp³-hybridized carbons (Fsp3) is 0.923. The van der Waals surface area contributed by atoms with E-state index >= 15 is 0 Å². The number of aliphatic carboxylic acids is 1. The van der Waals surface area contributed by atoms with Crippen LogP contribution in [0.4, 0.5) is 0 Å². The lowest BCUT2D eigenvalue weighted by atomic mass is 9.83. The molecule has 0 aliphatic heterocycles. The second kappa shape index (κ2) is 5.17. The molecule has 2 unspecified atom stereocenters. The Morgan fingerprint density at radius 1 is 1.31 bits per heavy atom. The highest BCUT2D eigenvalue weighted by atomic mass is 16.4. The molecule has 0 rings (SSSR count). The topological polar surface area (TPSA) is 40.5 Å². The van der Waals surface area contributed by atoms with Gasteiger partial charge in [0.2, 0.25) is 0 Å². The molecule has 1 N–H and O–H groups in total. The molecule has 0 aromatic rings. The predicted molar refractivity (Wildman–Crippen MR) is 67.6 cm³/mol. The van der Waals surface area contributed by atoms with Gasteiger partial charge in [0.1, 0.15) is 0 Å². The van der Waals surface area contributed by atoms with E-state index in [0.717, 1.165) is 0 Å². The minimum absolute atomic E-state index is 0.169. The van der Waals surface area contributed by atoms with Gasteiger partial charge in [-0.15, -0.1) is 0 Å². The van der Waals surface area contributed by atoms with Crippen LogP contribution in [0.1, 0.15) is 48.0 Å². The molecule has 0 aliphatic rings. The van der Waals surface area contributed by atoms with Gasteiger partial charge in [0.25, 0.3) is 0 Å². The summed E-state index contributed by atoms with van der Waals surface area (Å²) in [6, 6.07) is 0.359. The molecule has 0 fully saturated rings. The molecule has 0 bridgehead atoms. The van der Waals surface area contributed by atoms with Crippen molar-refractivity contribution in [3.05, 3.63) is 0 Å². The van der Waals surface area contributed by atoms with Gasteiger partial charge in [-0.1, -0.05) is 27.7 Å². The van der Waals surface area contributed by atoms with Crippen molar-refractivity contribution in [3.63, 3.8) is 0 Å². The van der Waals surface area contributed by atoms with Crippen LogP contribution in [0.25, 0.3) is 0 Å². The van der Waals surface area contributed by atoms with E-state index in [9.17, 15) is 9.90 Å². The molecular formula is C13H27NO2. The van der Waals surface area contributed by atoms with Crippen LogP contribution >= 0.6 is 0 Å². The van der Waals surface area contributed by atoms with Crippen LogP contribution in [0, 0.1) is 10.8 Å². The standard InChI is InChI=1S/C13H27NO2/c1-8-13(6,11(15)16)9-14(7)10(2)12(3,4)5/h10H,8-9H2,1-7H3,(H,15,16). The first-order valence-electron chi connectivity index (χ1n) is 5.98. The molecule has 0 heterocycles. The Kier molecular flexibility index (Phi) is 4.99. The summed E-state index contributed by atoms with van der Waals surface area (Å²) in [5.41, 5.74) is -0.476. The van der Waals surface area contributed by atoms with Crippen molar-refractivity contribution in [2.45, 2.75) is 54.0 Å². The summed E-state index contributed by atoms with van der Waals surface area (Å²) >= 11 is 0. The maximum absolute atomic E-state index is 11.2. The first kappa shape index (κ1) is 15.4. The molecule has 0 aromatic heterocycles. The van der Waals surface area contributed by atoms with Crippen LogP contribution in [0.15, 0.2) is 0 Å². The Morgan fingerprint density at radius 3 is 2.00 bits per heavy atom. The lowest BCUT2D eigenvalue weighted by Crippen LogP contribution is -2.46. The van der Waals surface area contributed by atoms with Crippen molar-refractivity contribution in [2.24, 2.45) is 10.8 Å². The zero-order valence-electron chi connectivity index (χ0n) is 11.8. The molecule has 3 nitrogen and oxygen atoms in total. The normalized spacial score (nSPS) is 18.2. The van der Waals surface area contributed by atoms with Gasteiger partial charge in [0, 0.05) is 12.6 Å². The van der Waals surface area contributed by atoms with Crippen molar-refractivity contribution in [1.82, 2.24) is 4.90 Å². The smallest absolute Gasteiger partial charge is 0.310 e. The van der Waals surface area contributed by atoms with Gasteiger partial charge in [0.15, 0.2) is 0 Å². The van der Waals surface area contributed by atoms with Crippen LogP contribution in [0.3, 0.4) is 0 Å². The first-order chi connectivity index (χ1) is 7.04. The van der Waals surface area contributed by atoms with Crippen molar-refractivity contribution in [3.8, 4) is 0 Å². The van der Waals surface area contributed by atoms with Crippen LogP contribution < -0.4 is 0 Å². The molecule has 0 radical (unpaired) electrons. The number of carboxylic acid groups (broad SMARTS) is 1. The summed E-state index contributed by atoms with van der Waals surface area (Å²) in [7, 11) is 2.01. The molecular weight excluding hydrogens is 202 g/mol. The van der Waals surface area contributed by atoms with E-state index in [1.807, 2.05) is 20.9 Å². The van der Waals surface area contributed by atoms with E-state index in [-0.39, 0.29) is 5.41 Å². The Morgan fingerprint density at radius 2 is 1.75 bits per heavy atom. The molecule has 16 heavy (non-hydrogen) atoms. The van der Waals surface area contributed by atoms with E-state index in [1.54, 1.807) is 0 Å². The van der Waals surface area contributed by atoms with Crippen LogP contribution in [-0.4, -0.2) is 35.6 Å². The lowest BCUT2D eigenvalue weighted by molar-refractivity contribution is -0.149. The van der Waals surface area contributed by atoms with Gasteiger partial charge >= 0.3 is 5.97 Å². The number of nitrogens with zero attached hydrogens (tertiary/aromatic N) is 1. The maximum atomic E-state index is 11.2. The largest absolute Gasteiger partial charge is 0.481 e. The van der Waals surface area contributed by atoms with Crippen molar-refractivity contribution < 1.29 is 9.90 Å². The highest BCUT2D eigenvalue weighted by molar-refractivity contribution is 5.74. The SMILES string of the molecule is CCC(C)(CN(C)C(C)C(C)(C)C)C(=O)O. The average molecular weight is 229 g/mol. The van der Waals surface area contributed by atoms with Gasteiger partial charge in [-0.05, 0) is 32.7 Å². The molecule has 0 aliphatic carbocycles. The summed E-state index contributed by atoms with van der Waals surface area (Å²) in [6.45, 7) is 13.0. The van der Waals surface area contributed by atoms with Crippen molar-refractivity contribution in [1.29, 1.82) is 0 Å². The minimum atomic E-state index is -0.706. The zero-order valence-corrected chi connectivity index (χ0v) is 11.8. The number of rotatable bonds is 5. The highest BCUT2D eigenvalue weighted by Crippen LogP contribution is 2.28. The fourth-order valence-electron chi connectivity index (χ4n) is 1.68. The predicted octanol–water partition coefficient (Wildman–Crippen LogP) is 2.85. The molecule has 2 atom stereocenters. The van der Waals surface area contributed by atoms with Crippen LogP contribution in [0.2, 0.25) is 0 Å². The maximum Gasteiger partial charge on any atom is 0.310 e. The minimum Gasteiger partial charge on any atom is -0.481 e. The molecule has 0 aromatic carbocycles. The van der Waals surface area contributed by atoms with E-state index in [1.165, 1.54) is 0 Å². The number of carboxylic acids is 1. The number of hydrogen-bond donors (Lipinski definition) is 1. The third-order valence-corrected chi connectivity index (χ3v) is 3.81. The van der Waals surface area contributed by atoms with E-state index in [4.69, 9.17) is 0 Å². The second-order valence-corrected chi connectivity index (χ2v) is 6.18. The van der Waals surface area contributed by atoms with Gasteiger partial charge < -0.3 is 10.0 Å². The third kappa shape index (κ3) is 3.78. The monoisotopic (exact) mass is 229 g/mol. The quantitative estimate of drug-likeness (QED) is 0.788. The van der Waals surface area contributed by atoms with Gasteiger partial charge in [-0.2, -0.15) is 0 Å². The summed E-state index contributed by atoms with van der Waals surface area (Å²) in [4.78, 5) is 13.4. The van der Waals surface area contributed by atoms with E-state index < -0.39 is 11.4 Å².